The van der Waals surface area contributed by atoms with E-state index in [4.69, 9.17) is 0 Å². The molecular formula is C16H26N4O2S. The van der Waals surface area contributed by atoms with Gasteiger partial charge in [-0.05, 0) is 47.2 Å². The van der Waals surface area contributed by atoms with Gasteiger partial charge in [0.25, 0.3) is 5.91 Å². The Hall–Kier alpha value is -1.47. The molecule has 7 heteroatoms. The second-order valence-corrected chi connectivity index (χ2v) is 7.58. The lowest BCUT2D eigenvalue weighted by Crippen LogP contribution is -2.40. The molecule has 2 heterocycles. The number of carbonyl (C=O) groups is 2. The van der Waals surface area contributed by atoms with E-state index in [-0.39, 0.29) is 17.9 Å². The molecule has 1 N–H and O–H groups in total. The Morgan fingerprint density at radius 1 is 1.30 bits per heavy atom. The van der Waals surface area contributed by atoms with Crippen LogP contribution in [-0.4, -0.2) is 66.4 Å². The summed E-state index contributed by atoms with van der Waals surface area (Å²) in [5, 5.41) is 4.00. The molecule has 1 aliphatic rings. The molecule has 2 amide bonds. The van der Waals surface area contributed by atoms with Crippen molar-refractivity contribution in [2.75, 3.05) is 33.7 Å². The first kappa shape index (κ1) is 17.9. The van der Waals surface area contributed by atoms with E-state index >= 15 is 0 Å². The van der Waals surface area contributed by atoms with Crippen LogP contribution in [0.15, 0.2) is 0 Å². The van der Waals surface area contributed by atoms with Crippen molar-refractivity contribution < 1.29 is 9.59 Å². The Balaban J connectivity index is 1.92. The largest absolute Gasteiger partial charge is 0.352 e. The zero-order valence-corrected chi connectivity index (χ0v) is 15.2. The lowest BCUT2D eigenvalue weighted by molar-refractivity contribution is -0.122. The molecule has 128 valence electrons. The molecule has 0 aliphatic carbocycles. The molecule has 1 fully saturated rings. The summed E-state index contributed by atoms with van der Waals surface area (Å²) in [7, 11) is 3.76. The summed E-state index contributed by atoms with van der Waals surface area (Å²) in [6.45, 7) is 5.64. The molecule has 1 unspecified atom stereocenters. The van der Waals surface area contributed by atoms with Gasteiger partial charge >= 0.3 is 0 Å². The standard InChI is InChI=1S/C16H26N4O2S/c1-11-15(23-12(2)17-11)16(22)20-8-5-6-13(7-9-20)18-14(21)10-19(3)4/h13H,5-10H2,1-4H3,(H,18,21). The number of amides is 2. The molecule has 0 spiro atoms. The predicted octanol–water partition coefficient (Wildman–Crippen LogP) is 1.43. The second-order valence-electron chi connectivity index (χ2n) is 6.37. The van der Waals surface area contributed by atoms with E-state index in [1.165, 1.54) is 11.3 Å². The summed E-state index contributed by atoms with van der Waals surface area (Å²) in [5.74, 6) is 0.127. The maximum absolute atomic E-state index is 12.7. The van der Waals surface area contributed by atoms with Crippen molar-refractivity contribution in [2.24, 2.45) is 0 Å². The van der Waals surface area contributed by atoms with E-state index in [0.29, 0.717) is 13.1 Å². The molecule has 0 saturated carbocycles. The highest BCUT2D eigenvalue weighted by Gasteiger charge is 2.25. The first-order chi connectivity index (χ1) is 10.9. The zero-order valence-electron chi connectivity index (χ0n) is 14.4. The van der Waals surface area contributed by atoms with Gasteiger partial charge in [0.05, 0.1) is 17.2 Å². The molecule has 1 aromatic heterocycles. The first-order valence-corrected chi connectivity index (χ1v) is 8.86. The van der Waals surface area contributed by atoms with Gasteiger partial charge in [-0.25, -0.2) is 4.98 Å². The van der Waals surface area contributed by atoms with Gasteiger partial charge in [-0.15, -0.1) is 11.3 Å². The smallest absolute Gasteiger partial charge is 0.265 e. The van der Waals surface area contributed by atoms with Gasteiger partial charge in [0.2, 0.25) is 5.91 Å². The SMILES string of the molecule is Cc1nc(C)c(C(=O)N2CCCC(NC(=O)CN(C)C)CC2)s1. The molecule has 23 heavy (non-hydrogen) atoms. The van der Waals surface area contributed by atoms with E-state index in [1.807, 2.05) is 37.7 Å². The second kappa shape index (κ2) is 7.88. The Labute approximate surface area is 141 Å². The van der Waals surface area contributed by atoms with Crippen molar-refractivity contribution in [2.45, 2.75) is 39.2 Å². The minimum absolute atomic E-state index is 0.0497. The van der Waals surface area contributed by atoms with Crippen LogP contribution in [0.1, 0.15) is 39.6 Å². The fourth-order valence-electron chi connectivity index (χ4n) is 2.88. The topological polar surface area (TPSA) is 65.5 Å². The first-order valence-electron chi connectivity index (χ1n) is 8.04. The van der Waals surface area contributed by atoms with Gasteiger partial charge < -0.3 is 15.1 Å². The van der Waals surface area contributed by atoms with Crippen molar-refractivity contribution in [1.29, 1.82) is 0 Å². The van der Waals surface area contributed by atoms with Gasteiger partial charge in [-0.1, -0.05) is 0 Å². The van der Waals surface area contributed by atoms with E-state index in [2.05, 4.69) is 10.3 Å². The third-order valence-electron chi connectivity index (χ3n) is 3.94. The summed E-state index contributed by atoms with van der Waals surface area (Å²) in [6, 6.07) is 0.157. The lowest BCUT2D eigenvalue weighted by atomic mass is 10.1. The van der Waals surface area contributed by atoms with Crippen molar-refractivity contribution >= 4 is 23.2 Å². The summed E-state index contributed by atoms with van der Waals surface area (Å²) >= 11 is 1.46. The Morgan fingerprint density at radius 2 is 2.04 bits per heavy atom. The fraction of sp³-hybridized carbons (Fsp3) is 0.688. The maximum atomic E-state index is 12.7. The number of thiazole rings is 1. The number of likely N-dealkylation sites (tertiary alicyclic amines) is 1. The van der Waals surface area contributed by atoms with Crippen molar-refractivity contribution in [3.8, 4) is 0 Å². The van der Waals surface area contributed by atoms with Gasteiger partial charge in [0.1, 0.15) is 4.88 Å². The van der Waals surface area contributed by atoms with Crippen molar-refractivity contribution in [3.63, 3.8) is 0 Å². The predicted molar refractivity (Wildman–Crippen MR) is 91.8 cm³/mol. The molecule has 1 aliphatic heterocycles. The number of aryl methyl sites for hydroxylation is 2. The number of carbonyl (C=O) groups excluding carboxylic acids is 2. The Bertz CT molecular complexity index is 570. The highest BCUT2D eigenvalue weighted by Crippen LogP contribution is 2.21. The number of hydrogen-bond acceptors (Lipinski definition) is 5. The van der Waals surface area contributed by atoms with Gasteiger partial charge in [0.15, 0.2) is 0 Å². The molecule has 0 radical (unpaired) electrons. The maximum Gasteiger partial charge on any atom is 0.265 e. The summed E-state index contributed by atoms with van der Waals surface area (Å²) in [4.78, 5) is 33.4. The Morgan fingerprint density at radius 3 is 2.65 bits per heavy atom. The van der Waals surface area contributed by atoms with Crippen LogP contribution in [0.2, 0.25) is 0 Å². The number of likely N-dealkylation sites (N-methyl/N-ethyl adjacent to an activating group) is 1. The van der Waals surface area contributed by atoms with Crippen LogP contribution in [0, 0.1) is 13.8 Å². The molecule has 0 aromatic carbocycles. The minimum Gasteiger partial charge on any atom is -0.352 e. The number of rotatable bonds is 4. The molecule has 1 aromatic rings. The molecule has 0 bridgehead atoms. The minimum atomic E-state index is 0.0497. The summed E-state index contributed by atoms with van der Waals surface area (Å²) in [6.07, 6.45) is 2.64. The third kappa shape index (κ3) is 5.00. The van der Waals surface area contributed by atoms with E-state index < -0.39 is 0 Å². The average Bonchev–Trinajstić information content (AvgIpc) is 2.66. The molecule has 1 atom stereocenters. The number of aromatic nitrogens is 1. The van der Waals surface area contributed by atoms with E-state index in [0.717, 1.165) is 41.4 Å². The Kier molecular flexibility index (Phi) is 6.12. The van der Waals surface area contributed by atoms with Gasteiger partial charge in [0, 0.05) is 19.1 Å². The van der Waals surface area contributed by atoms with Crippen molar-refractivity contribution in [1.82, 2.24) is 20.1 Å². The van der Waals surface area contributed by atoms with Crippen LogP contribution in [0.25, 0.3) is 0 Å². The van der Waals surface area contributed by atoms with Crippen LogP contribution in [0.4, 0.5) is 0 Å². The van der Waals surface area contributed by atoms with Crippen molar-refractivity contribution in [3.05, 3.63) is 15.6 Å². The zero-order chi connectivity index (χ0) is 17.0. The monoisotopic (exact) mass is 338 g/mol. The highest BCUT2D eigenvalue weighted by molar-refractivity contribution is 7.13. The molecule has 6 nitrogen and oxygen atoms in total. The quantitative estimate of drug-likeness (QED) is 0.902. The summed E-state index contributed by atoms with van der Waals surface area (Å²) < 4.78 is 0. The lowest BCUT2D eigenvalue weighted by Gasteiger charge is -2.21. The molecule has 1 saturated heterocycles. The van der Waals surface area contributed by atoms with E-state index in [9.17, 15) is 9.59 Å². The molecule has 2 rings (SSSR count). The molecular weight excluding hydrogens is 312 g/mol. The van der Waals surface area contributed by atoms with Crippen LogP contribution >= 0.6 is 11.3 Å². The third-order valence-corrected chi connectivity index (χ3v) is 5.00. The normalized spacial score (nSPS) is 18.8. The highest BCUT2D eigenvalue weighted by atomic mass is 32.1. The number of nitrogens with one attached hydrogen (secondary N) is 1. The van der Waals surface area contributed by atoms with Crippen LogP contribution in [-0.2, 0) is 4.79 Å². The number of nitrogens with zero attached hydrogens (tertiary/aromatic N) is 3. The van der Waals surface area contributed by atoms with Crippen LogP contribution in [0.5, 0.6) is 0 Å². The van der Waals surface area contributed by atoms with Crippen LogP contribution < -0.4 is 5.32 Å². The van der Waals surface area contributed by atoms with Gasteiger partial charge in [-0.2, -0.15) is 0 Å². The fourth-order valence-corrected chi connectivity index (χ4v) is 3.77. The average molecular weight is 338 g/mol. The summed E-state index contributed by atoms with van der Waals surface area (Å²) in [5.41, 5.74) is 0.817. The number of hydrogen-bond donors (Lipinski definition) is 1. The van der Waals surface area contributed by atoms with Gasteiger partial charge in [-0.3, -0.25) is 9.59 Å². The van der Waals surface area contributed by atoms with E-state index in [1.54, 1.807) is 0 Å². The van der Waals surface area contributed by atoms with Crippen LogP contribution in [0.3, 0.4) is 0 Å².